The number of amides is 1. The lowest BCUT2D eigenvalue weighted by atomic mass is 10.2. The predicted molar refractivity (Wildman–Crippen MR) is 134 cm³/mol. The molecule has 0 unspecified atom stereocenters. The fraction of sp³-hybridized carbons (Fsp3) is 0.560. The van der Waals surface area contributed by atoms with E-state index < -0.39 is 29.7 Å². The highest BCUT2D eigenvalue weighted by molar-refractivity contribution is 8.04. The quantitative estimate of drug-likeness (QED) is 0.170. The summed E-state index contributed by atoms with van der Waals surface area (Å²) in [6.07, 6.45) is 1.14. The molecule has 1 amide bonds. The minimum absolute atomic E-state index is 0.0350. The Kier molecular flexibility index (Phi) is 14.1. The summed E-state index contributed by atoms with van der Waals surface area (Å²) in [5, 5.41) is 2.55. The summed E-state index contributed by atoms with van der Waals surface area (Å²) in [5.41, 5.74) is 0.0481. The molecule has 0 radical (unpaired) electrons. The Balaban J connectivity index is 2.89. The van der Waals surface area contributed by atoms with Crippen LogP contribution in [0, 0.1) is 0 Å². The number of hydrogen-bond acceptors (Lipinski definition) is 9. The maximum atomic E-state index is 12.8. The van der Waals surface area contributed by atoms with Crippen molar-refractivity contribution in [1.29, 1.82) is 0 Å². The number of benzene rings is 1. The lowest BCUT2D eigenvalue weighted by molar-refractivity contribution is -0.156. The van der Waals surface area contributed by atoms with Crippen molar-refractivity contribution in [3.8, 4) is 0 Å². The van der Waals surface area contributed by atoms with Crippen LogP contribution < -0.4 is 5.32 Å². The second kappa shape index (κ2) is 16.2. The molecule has 0 spiro atoms. The van der Waals surface area contributed by atoms with Crippen molar-refractivity contribution in [2.75, 3.05) is 26.3 Å². The molecule has 0 heterocycles. The Morgan fingerprint density at radius 3 is 2.40 bits per heavy atom. The van der Waals surface area contributed by atoms with Crippen molar-refractivity contribution in [1.82, 2.24) is 5.32 Å². The van der Waals surface area contributed by atoms with Gasteiger partial charge in [0.1, 0.15) is 25.0 Å². The highest BCUT2D eigenvalue weighted by Gasteiger charge is 2.28. The topological polar surface area (TPSA) is 109 Å². The third-order valence-corrected chi connectivity index (χ3v) is 5.33. The van der Waals surface area contributed by atoms with Crippen LogP contribution in [0.2, 0.25) is 0 Å². The Labute approximate surface area is 211 Å². The first-order valence-electron chi connectivity index (χ1n) is 11.4. The van der Waals surface area contributed by atoms with Crippen molar-refractivity contribution >= 4 is 29.8 Å². The molecule has 1 aromatic rings. The molecule has 9 nitrogen and oxygen atoms in total. The molecule has 35 heavy (non-hydrogen) atoms. The standard InChI is InChI=1S/C25H37NO8S/c1-7-31-23(28)21(14-13-18(2)33-17-30-6)35-16-20(22(27)34-25(3,4)5)26-24(29)32-15-19-11-9-8-10-12-19/h8-12,14,18,20H,7,13,15-17H2,1-6H3,(H,26,29)/b21-14-/t18-,20+/m0/s1. The summed E-state index contributed by atoms with van der Waals surface area (Å²) in [6, 6.07) is 8.12. The highest BCUT2D eigenvalue weighted by atomic mass is 32.2. The summed E-state index contributed by atoms with van der Waals surface area (Å²) in [7, 11) is 1.52. The van der Waals surface area contributed by atoms with Gasteiger partial charge < -0.3 is 29.0 Å². The molecule has 1 rings (SSSR count). The molecule has 0 bridgehead atoms. The van der Waals surface area contributed by atoms with Crippen molar-refractivity contribution in [2.45, 2.75) is 65.4 Å². The van der Waals surface area contributed by atoms with E-state index in [1.165, 1.54) is 7.11 Å². The monoisotopic (exact) mass is 511 g/mol. The van der Waals surface area contributed by atoms with E-state index in [0.29, 0.717) is 11.3 Å². The van der Waals surface area contributed by atoms with Crippen molar-refractivity contribution < 1.29 is 38.1 Å². The molecule has 0 aliphatic heterocycles. The molecular weight excluding hydrogens is 474 g/mol. The van der Waals surface area contributed by atoms with E-state index in [1.54, 1.807) is 33.8 Å². The van der Waals surface area contributed by atoms with Crippen LogP contribution in [-0.4, -0.2) is 62.0 Å². The molecule has 10 heteroatoms. The molecule has 0 aromatic heterocycles. The van der Waals surface area contributed by atoms with E-state index in [4.69, 9.17) is 23.7 Å². The number of ether oxygens (including phenoxy) is 5. The average Bonchev–Trinajstić information content (AvgIpc) is 2.80. The number of methoxy groups -OCH3 is 1. The van der Waals surface area contributed by atoms with Crippen LogP contribution in [0.5, 0.6) is 0 Å². The van der Waals surface area contributed by atoms with E-state index in [1.807, 2.05) is 37.3 Å². The minimum Gasteiger partial charge on any atom is -0.462 e. The largest absolute Gasteiger partial charge is 0.462 e. The van der Waals surface area contributed by atoms with Gasteiger partial charge in [-0.25, -0.2) is 14.4 Å². The Morgan fingerprint density at radius 1 is 1.11 bits per heavy atom. The van der Waals surface area contributed by atoms with E-state index in [0.717, 1.165) is 17.3 Å². The molecule has 1 aromatic carbocycles. The number of hydrogen-bond donors (Lipinski definition) is 1. The van der Waals surface area contributed by atoms with E-state index in [-0.39, 0.29) is 31.9 Å². The number of esters is 2. The number of carbonyl (C=O) groups excluding carboxylic acids is 3. The molecule has 1 N–H and O–H groups in total. The van der Waals surface area contributed by atoms with E-state index in [2.05, 4.69) is 5.32 Å². The number of carbonyl (C=O) groups is 3. The summed E-state index contributed by atoms with van der Waals surface area (Å²) in [5.74, 6) is -1.12. The molecular formula is C25H37NO8S. The van der Waals surface area contributed by atoms with Gasteiger partial charge in [0.15, 0.2) is 0 Å². The fourth-order valence-electron chi connectivity index (χ4n) is 2.55. The van der Waals surface area contributed by atoms with Gasteiger partial charge in [0.2, 0.25) is 0 Å². The lowest BCUT2D eigenvalue weighted by Crippen LogP contribution is -2.46. The van der Waals surface area contributed by atoms with Gasteiger partial charge in [-0.1, -0.05) is 36.4 Å². The Morgan fingerprint density at radius 2 is 1.80 bits per heavy atom. The lowest BCUT2D eigenvalue weighted by Gasteiger charge is -2.24. The second-order valence-corrected chi connectivity index (χ2v) is 9.57. The zero-order valence-electron chi connectivity index (χ0n) is 21.3. The number of nitrogens with one attached hydrogen (secondary N) is 1. The van der Waals surface area contributed by atoms with Crippen molar-refractivity contribution in [3.05, 3.63) is 46.9 Å². The Hall–Kier alpha value is -2.56. The van der Waals surface area contributed by atoms with Crippen LogP contribution in [-0.2, 0) is 39.9 Å². The smallest absolute Gasteiger partial charge is 0.408 e. The minimum atomic E-state index is -1.05. The van der Waals surface area contributed by atoms with Gasteiger partial charge in [0.25, 0.3) is 0 Å². The summed E-state index contributed by atoms with van der Waals surface area (Å²) >= 11 is 1.08. The first kappa shape index (κ1) is 30.5. The van der Waals surface area contributed by atoms with Crippen LogP contribution in [0.25, 0.3) is 0 Å². The first-order valence-corrected chi connectivity index (χ1v) is 12.3. The van der Waals surface area contributed by atoms with Gasteiger partial charge in [0.05, 0.1) is 17.6 Å². The molecule has 0 fully saturated rings. The summed E-state index contributed by atoms with van der Waals surface area (Å²) < 4.78 is 26.2. The molecule has 0 saturated heterocycles. The maximum absolute atomic E-state index is 12.8. The van der Waals surface area contributed by atoms with Crippen LogP contribution in [0.1, 0.15) is 46.6 Å². The highest BCUT2D eigenvalue weighted by Crippen LogP contribution is 2.22. The van der Waals surface area contributed by atoms with Crippen molar-refractivity contribution in [2.24, 2.45) is 0 Å². The van der Waals surface area contributed by atoms with Crippen LogP contribution in [0.15, 0.2) is 41.3 Å². The van der Waals surface area contributed by atoms with Gasteiger partial charge in [-0.2, -0.15) is 0 Å². The van der Waals surface area contributed by atoms with E-state index in [9.17, 15) is 14.4 Å². The van der Waals surface area contributed by atoms with Crippen LogP contribution in [0.3, 0.4) is 0 Å². The van der Waals surface area contributed by atoms with Gasteiger partial charge in [-0.05, 0) is 46.6 Å². The number of rotatable bonds is 14. The number of alkyl carbamates (subject to hydrolysis) is 1. The molecule has 0 aliphatic rings. The summed E-state index contributed by atoms with van der Waals surface area (Å²) in [4.78, 5) is 38.0. The summed E-state index contributed by atoms with van der Waals surface area (Å²) in [6.45, 7) is 9.12. The van der Waals surface area contributed by atoms with Gasteiger partial charge in [-0.3, -0.25) is 0 Å². The van der Waals surface area contributed by atoms with Crippen LogP contribution >= 0.6 is 11.8 Å². The number of thioether (sulfide) groups is 1. The van der Waals surface area contributed by atoms with Crippen molar-refractivity contribution in [3.63, 3.8) is 0 Å². The molecule has 2 atom stereocenters. The zero-order chi connectivity index (χ0) is 26.3. The zero-order valence-corrected chi connectivity index (χ0v) is 22.1. The average molecular weight is 512 g/mol. The Bertz CT molecular complexity index is 823. The third kappa shape index (κ3) is 13.8. The maximum Gasteiger partial charge on any atom is 0.408 e. The van der Waals surface area contributed by atoms with Gasteiger partial charge in [0, 0.05) is 12.9 Å². The van der Waals surface area contributed by atoms with Crippen LogP contribution in [0.4, 0.5) is 4.79 Å². The first-order chi connectivity index (χ1) is 16.6. The molecule has 0 saturated carbocycles. The fourth-order valence-corrected chi connectivity index (χ4v) is 3.51. The third-order valence-electron chi connectivity index (χ3n) is 4.18. The normalized spacial score (nSPS) is 13.5. The SMILES string of the molecule is CCOC(=O)/C(=C/C[C@H](C)OCOC)SC[C@@H](NC(=O)OCc1ccccc1)C(=O)OC(C)(C)C. The second-order valence-electron chi connectivity index (χ2n) is 8.51. The molecule has 0 aliphatic carbocycles. The van der Waals surface area contributed by atoms with Gasteiger partial charge >= 0.3 is 18.0 Å². The van der Waals surface area contributed by atoms with Gasteiger partial charge in [-0.15, -0.1) is 11.8 Å². The molecule has 196 valence electrons. The predicted octanol–water partition coefficient (Wildman–Crippen LogP) is 4.20. The van der Waals surface area contributed by atoms with E-state index >= 15 is 0 Å².